The molecule has 90 valence electrons. The van der Waals surface area contributed by atoms with Crippen LogP contribution >= 0.6 is 0 Å². The summed E-state index contributed by atoms with van der Waals surface area (Å²) in [7, 11) is 0. The molecule has 1 N–H and O–H groups in total. The average molecular weight is 228 g/mol. The normalized spacial score (nSPS) is 18.2. The highest BCUT2D eigenvalue weighted by Crippen LogP contribution is 2.30. The molecular formula is C16H20O. The molecule has 0 aromatic heterocycles. The fraction of sp³-hybridized carbons (Fsp3) is 0.500. The molecule has 1 saturated carbocycles. The minimum absolute atomic E-state index is 0.498. The van der Waals surface area contributed by atoms with Crippen LogP contribution in [0.25, 0.3) is 0 Å². The van der Waals surface area contributed by atoms with E-state index in [1.165, 1.54) is 12.0 Å². The molecular weight excluding hydrogens is 208 g/mol. The summed E-state index contributed by atoms with van der Waals surface area (Å²) >= 11 is 0. The van der Waals surface area contributed by atoms with Crippen LogP contribution in [0, 0.1) is 11.8 Å². The highest BCUT2D eigenvalue weighted by molar-refractivity contribution is 5.21. The van der Waals surface area contributed by atoms with Crippen LogP contribution in [0.15, 0.2) is 30.3 Å². The summed E-state index contributed by atoms with van der Waals surface area (Å²) in [5.41, 5.74) is 0.748. The van der Waals surface area contributed by atoms with Gasteiger partial charge in [-0.25, -0.2) is 0 Å². The van der Waals surface area contributed by atoms with Gasteiger partial charge in [0.1, 0.15) is 0 Å². The van der Waals surface area contributed by atoms with Gasteiger partial charge in [-0.05, 0) is 18.4 Å². The van der Waals surface area contributed by atoms with Gasteiger partial charge in [0.2, 0.25) is 0 Å². The first-order valence-corrected chi connectivity index (χ1v) is 6.51. The first kappa shape index (κ1) is 12.2. The first-order chi connectivity index (χ1) is 8.29. The number of aliphatic hydroxyl groups is 1. The van der Waals surface area contributed by atoms with E-state index in [-0.39, 0.29) is 0 Å². The maximum absolute atomic E-state index is 10.3. The Labute approximate surface area is 104 Å². The molecule has 0 unspecified atom stereocenters. The van der Waals surface area contributed by atoms with Gasteiger partial charge >= 0.3 is 0 Å². The molecule has 1 nitrogen and oxygen atoms in total. The third kappa shape index (κ3) is 3.91. The van der Waals surface area contributed by atoms with Gasteiger partial charge in [0.25, 0.3) is 0 Å². The lowest BCUT2D eigenvalue weighted by molar-refractivity contribution is 0.00893. The van der Waals surface area contributed by atoms with Crippen molar-refractivity contribution in [3.8, 4) is 11.8 Å². The molecule has 1 aromatic rings. The van der Waals surface area contributed by atoms with Crippen LogP contribution in [0.2, 0.25) is 0 Å². The molecule has 0 radical (unpaired) electrons. The standard InChI is InChI=1S/C16H20O/c17-16(12-6-2-7-13-16)14-8-5-11-15-9-3-1-4-10-15/h1,3-4,9-10,17H,2,6-7,11-14H2. The van der Waals surface area contributed by atoms with Gasteiger partial charge in [-0.2, -0.15) is 0 Å². The predicted octanol–water partition coefficient (Wildman–Crippen LogP) is 3.32. The molecule has 1 aliphatic rings. The van der Waals surface area contributed by atoms with E-state index in [2.05, 4.69) is 24.0 Å². The average Bonchev–Trinajstić information content (AvgIpc) is 2.37. The maximum Gasteiger partial charge on any atom is 0.0756 e. The Bertz CT molecular complexity index is 391. The Morgan fingerprint density at radius 3 is 2.41 bits per heavy atom. The molecule has 0 heterocycles. The van der Waals surface area contributed by atoms with Crippen LogP contribution in [-0.4, -0.2) is 10.7 Å². The molecule has 1 aromatic carbocycles. The second-order valence-electron chi connectivity index (χ2n) is 4.98. The first-order valence-electron chi connectivity index (χ1n) is 6.51. The smallest absolute Gasteiger partial charge is 0.0756 e. The third-order valence-corrected chi connectivity index (χ3v) is 3.46. The van der Waals surface area contributed by atoms with E-state index in [4.69, 9.17) is 0 Å². The van der Waals surface area contributed by atoms with Crippen molar-refractivity contribution < 1.29 is 5.11 Å². The molecule has 0 spiro atoms. The van der Waals surface area contributed by atoms with Gasteiger partial charge in [0.15, 0.2) is 0 Å². The lowest BCUT2D eigenvalue weighted by Gasteiger charge is -2.30. The van der Waals surface area contributed by atoms with Crippen molar-refractivity contribution in [2.24, 2.45) is 0 Å². The van der Waals surface area contributed by atoms with Gasteiger partial charge in [0.05, 0.1) is 5.60 Å². The Morgan fingerprint density at radius 2 is 1.71 bits per heavy atom. The summed E-state index contributed by atoms with van der Waals surface area (Å²) in [5, 5.41) is 10.3. The summed E-state index contributed by atoms with van der Waals surface area (Å²) in [5.74, 6) is 6.31. The van der Waals surface area contributed by atoms with Crippen LogP contribution in [-0.2, 0) is 6.42 Å². The topological polar surface area (TPSA) is 20.2 Å². The Hall–Kier alpha value is -1.26. The number of hydrogen-bond donors (Lipinski definition) is 1. The number of rotatable bonds is 2. The second-order valence-corrected chi connectivity index (χ2v) is 4.98. The van der Waals surface area contributed by atoms with Crippen molar-refractivity contribution in [3.05, 3.63) is 35.9 Å². The largest absolute Gasteiger partial charge is 0.389 e. The fourth-order valence-corrected chi connectivity index (χ4v) is 2.37. The maximum atomic E-state index is 10.3. The van der Waals surface area contributed by atoms with Gasteiger partial charge in [0, 0.05) is 12.8 Å². The fourth-order valence-electron chi connectivity index (χ4n) is 2.37. The van der Waals surface area contributed by atoms with E-state index in [0.29, 0.717) is 6.42 Å². The number of hydrogen-bond acceptors (Lipinski definition) is 1. The van der Waals surface area contributed by atoms with E-state index in [1.807, 2.05) is 18.2 Å². The van der Waals surface area contributed by atoms with Gasteiger partial charge in [-0.3, -0.25) is 0 Å². The van der Waals surface area contributed by atoms with Gasteiger partial charge in [-0.1, -0.05) is 61.4 Å². The molecule has 0 bridgehead atoms. The van der Waals surface area contributed by atoms with Crippen LogP contribution in [0.3, 0.4) is 0 Å². The SMILES string of the molecule is OC1(CC#CCc2ccccc2)CCCCC1. The van der Waals surface area contributed by atoms with E-state index in [9.17, 15) is 5.11 Å². The highest BCUT2D eigenvalue weighted by atomic mass is 16.3. The van der Waals surface area contributed by atoms with Crippen molar-refractivity contribution in [2.45, 2.75) is 50.5 Å². The summed E-state index contributed by atoms with van der Waals surface area (Å²) in [6.45, 7) is 0. The van der Waals surface area contributed by atoms with Gasteiger partial charge in [-0.15, -0.1) is 0 Å². The summed E-state index contributed by atoms with van der Waals surface area (Å²) in [4.78, 5) is 0. The van der Waals surface area contributed by atoms with E-state index >= 15 is 0 Å². The van der Waals surface area contributed by atoms with Crippen molar-refractivity contribution in [2.75, 3.05) is 0 Å². The van der Waals surface area contributed by atoms with Crippen molar-refractivity contribution >= 4 is 0 Å². The summed E-state index contributed by atoms with van der Waals surface area (Å²) in [6, 6.07) is 10.3. The lowest BCUT2D eigenvalue weighted by Crippen LogP contribution is -2.30. The Kier molecular flexibility index (Phi) is 4.23. The predicted molar refractivity (Wildman–Crippen MR) is 70.6 cm³/mol. The van der Waals surface area contributed by atoms with E-state index in [0.717, 1.165) is 32.1 Å². The van der Waals surface area contributed by atoms with Crippen LogP contribution < -0.4 is 0 Å². The molecule has 0 saturated heterocycles. The molecule has 0 aliphatic heterocycles. The van der Waals surface area contributed by atoms with Crippen molar-refractivity contribution in [1.82, 2.24) is 0 Å². The lowest BCUT2D eigenvalue weighted by atomic mass is 9.83. The van der Waals surface area contributed by atoms with Crippen molar-refractivity contribution in [1.29, 1.82) is 0 Å². The summed E-state index contributed by atoms with van der Waals surface area (Å²) < 4.78 is 0. The minimum Gasteiger partial charge on any atom is -0.389 e. The highest BCUT2D eigenvalue weighted by Gasteiger charge is 2.27. The van der Waals surface area contributed by atoms with Crippen LogP contribution in [0.1, 0.15) is 44.1 Å². The van der Waals surface area contributed by atoms with Gasteiger partial charge < -0.3 is 5.11 Å². The quantitative estimate of drug-likeness (QED) is 0.770. The zero-order chi connectivity index (χ0) is 12.0. The van der Waals surface area contributed by atoms with Crippen LogP contribution in [0.5, 0.6) is 0 Å². The minimum atomic E-state index is -0.498. The molecule has 0 atom stereocenters. The molecule has 1 heteroatoms. The monoisotopic (exact) mass is 228 g/mol. The van der Waals surface area contributed by atoms with Crippen molar-refractivity contribution in [3.63, 3.8) is 0 Å². The third-order valence-electron chi connectivity index (χ3n) is 3.46. The molecule has 1 fully saturated rings. The molecule has 2 rings (SSSR count). The summed E-state index contributed by atoms with van der Waals surface area (Å²) in [6.07, 6.45) is 6.84. The Morgan fingerprint density at radius 1 is 1.00 bits per heavy atom. The molecule has 0 amide bonds. The molecule has 17 heavy (non-hydrogen) atoms. The molecule has 1 aliphatic carbocycles. The number of benzene rings is 1. The Balaban J connectivity index is 1.82. The zero-order valence-electron chi connectivity index (χ0n) is 10.3. The van der Waals surface area contributed by atoms with Crippen LogP contribution in [0.4, 0.5) is 0 Å². The van der Waals surface area contributed by atoms with E-state index in [1.54, 1.807) is 0 Å². The zero-order valence-corrected chi connectivity index (χ0v) is 10.3. The second kappa shape index (κ2) is 5.89. The van der Waals surface area contributed by atoms with E-state index < -0.39 is 5.60 Å².